The van der Waals surface area contributed by atoms with Gasteiger partial charge in [0.15, 0.2) is 0 Å². The monoisotopic (exact) mass is 293 g/mol. The molecule has 1 amide bonds. The van der Waals surface area contributed by atoms with Crippen LogP contribution in [0.15, 0.2) is 34.5 Å². The summed E-state index contributed by atoms with van der Waals surface area (Å²) in [6.45, 7) is 1.98. The van der Waals surface area contributed by atoms with Gasteiger partial charge < -0.3 is 5.73 Å². The topological polar surface area (TPSA) is 81.1 Å². The molecule has 1 aromatic heterocycles. The molecule has 6 heteroatoms. The molecule has 2 aromatic rings. The summed E-state index contributed by atoms with van der Waals surface area (Å²) < 4.78 is 0. The Morgan fingerprint density at radius 1 is 1.42 bits per heavy atom. The normalized spacial score (nSPS) is 10.4. The van der Waals surface area contributed by atoms with Crippen LogP contribution in [0.5, 0.6) is 0 Å². The van der Waals surface area contributed by atoms with E-state index in [0.29, 0.717) is 4.88 Å². The molecule has 100 valence electrons. The number of rotatable bonds is 4. The number of hydrazine groups is 1. The van der Waals surface area contributed by atoms with Gasteiger partial charge in [-0.25, -0.2) is 5.84 Å². The number of amides is 1. The van der Waals surface area contributed by atoms with E-state index in [0.717, 1.165) is 27.5 Å². The van der Waals surface area contributed by atoms with Crippen molar-refractivity contribution in [2.75, 3.05) is 5.73 Å². The zero-order valence-corrected chi connectivity index (χ0v) is 12.1. The third-order valence-electron chi connectivity index (χ3n) is 2.72. The second kappa shape index (κ2) is 6.10. The van der Waals surface area contributed by atoms with E-state index < -0.39 is 0 Å². The summed E-state index contributed by atoms with van der Waals surface area (Å²) in [6, 6.07) is 7.89. The van der Waals surface area contributed by atoms with Crippen molar-refractivity contribution in [3.05, 3.63) is 45.6 Å². The number of thiophene rings is 1. The van der Waals surface area contributed by atoms with Crippen molar-refractivity contribution in [1.29, 1.82) is 0 Å². The highest BCUT2D eigenvalue weighted by atomic mass is 32.2. The van der Waals surface area contributed by atoms with E-state index >= 15 is 0 Å². The van der Waals surface area contributed by atoms with Gasteiger partial charge in [0.05, 0.1) is 4.88 Å². The Kier molecular flexibility index (Phi) is 4.47. The summed E-state index contributed by atoms with van der Waals surface area (Å²) >= 11 is 3.07. The van der Waals surface area contributed by atoms with Crippen LogP contribution in [-0.2, 0) is 5.75 Å². The minimum atomic E-state index is -0.237. The minimum Gasteiger partial charge on any atom is -0.399 e. The second-order valence-electron chi connectivity index (χ2n) is 4.06. The average molecular weight is 293 g/mol. The number of benzene rings is 1. The first-order chi connectivity index (χ1) is 9.11. The standard InChI is InChI=1S/C13H15N3OS2/c1-8-6-10(2-3-11(8)14)19-7-9-4-5-18-12(9)13(17)16-15/h2-6H,7,14-15H2,1H3,(H,16,17). The fourth-order valence-corrected chi connectivity index (χ4v) is 3.52. The van der Waals surface area contributed by atoms with Crippen molar-refractivity contribution in [3.63, 3.8) is 0 Å². The molecule has 0 aliphatic carbocycles. The number of hydrogen-bond acceptors (Lipinski definition) is 5. The highest BCUT2D eigenvalue weighted by Crippen LogP contribution is 2.28. The largest absolute Gasteiger partial charge is 0.399 e. The summed E-state index contributed by atoms with van der Waals surface area (Å²) in [4.78, 5) is 13.4. The number of carbonyl (C=O) groups excluding carboxylic acids is 1. The van der Waals surface area contributed by atoms with Gasteiger partial charge in [0.25, 0.3) is 5.91 Å². The van der Waals surface area contributed by atoms with E-state index in [4.69, 9.17) is 11.6 Å². The first-order valence-corrected chi connectivity index (χ1v) is 7.54. The maximum Gasteiger partial charge on any atom is 0.275 e. The summed E-state index contributed by atoms with van der Waals surface area (Å²) in [7, 11) is 0. The Hall–Kier alpha value is -1.50. The quantitative estimate of drug-likeness (QED) is 0.266. The van der Waals surface area contributed by atoms with Crippen LogP contribution in [0, 0.1) is 6.92 Å². The van der Waals surface area contributed by atoms with Crippen molar-refractivity contribution in [1.82, 2.24) is 5.43 Å². The van der Waals surface area contributed by atoms with Crippen molar-refractivity contribution in [2.45, 2.75) is 17.6 Å². The number of anilines is 1. The highest BCUT2D eigenvalue weighted by Gasteiger charge is 2.12. The van der Waals surface area contributed by atoms with Crippen LogP contribution in [0.4, 0.5) is 5.69 Å². The molecule has 0 unspecified atom stereocenters. The van der Waals surface area contributed by atoms with E-state index in [9.17, 15) is 4.79 Å². The molecule has 4 nitrogen and oxygen atoms in total. The Morgan fingerprint density at radius 3 is 2.89 bits per heavy atom. The zero-order chi connectivity index (χ0) is 13.8. The van der Waals surface area contributed by atoms with Gasteiger partial charge in [-0.05, 0) is 47.7 Å². The molecule has 1 aromatic carbocycles. The fraction of sp³-hybridized carbons (Fsp3) is 0.154. The van der Waals surface area contributed by atoms with E-state index in [1.54, 1.807) is 11.8 Å². The second-order valence-corrected chi connectivity index (χ2v) is 6.02. The van der Waals surface area contributed by atoms with Crippen LogP contribution in [-0.4, -0.2) is 5.91 Å². The van der Waals surface area contributed by atoms with Crippen LogP contribution in [0.1, 0.15) is 20.8 Å². The van der Waals surface area contributed by atoms with Gasteiger partial charge >= 0.3 is 0 Å². The molecule has 0 radical (unpaired) electrons. The lowest BCUT2D eigenvalue weighted by atomic mass is 10.2. The maximum absolute atomic E-state index is 11.6. The molecular formula is C13H15N3OS2. The first-order valence-electron chi connectivity index (χ1n) is 5.68. The lowest BCUT2D eigenvalue weighted by Gasteiger charge is -2.05. The predicted octanol–water partition coefficient (Wildman–Crippen LogP) is 2.53. The Balaban J connectivity index is 2.08. The third-order valence-corrected chi connectivity index (χ3v) is 4.72. The van der Waals surface area contributed by atoms with Crippen LogP contribution in [0.25, 0.3) is 0 Å². The SMILES string of the molecule is Cc1cc(SCc2ccsc2C(=O)NN)ccc1N. The van der Waals surface area contributed by atoms with Crippen LogP contribution in [0.3, 0.4) is 0 Å². The van der Waals surface area contributed by atoms with Gasteiger partial charge in [0, 0.05) is 16.3 Å². The molecule has 0 saturated heterocycles. The molecule has 0 saturated carbocycles. The summed E-state index contributed by atoms with van der Waals surface area (Å²) in [5.74, 6) is 5.66. The molecule has 0 atom stereocenters. The molecule has 19 heavy (non-hydrogen) atoms. The van der Waals surface area contributed by atoms with E-state index in [1.165, 1.54) is 11.3 Å². The van der Waals surface area contributed by atoms with Crippen LogP contribution in [0.2, 0.25) is 0 Å². The smallest absolute Gasteiger partial charge is 0.275 e. The molecule has 0 bridgehead atoms. The van der Waals surface area contributed by atoms with Crippen molar-refractivity contribution >= 4 is 34.7 Å². The summed E-state index contributed by atoms with van der Waals surface area (Å²) in [5, 5.41) is 1.90. The number of nitrogen functional groups attached to an aromatic ring is 2. The number of nitrogens with one attached hydrogen (secondary N) is 1. The van der Waals surface area contributed by atoms with Gasteiger partial charge in [-0.2, -0.15) is 0 Å². The lowest BCUT2D eigenvalue weighted by molar-refractivity contribution is 0.0957. The molecule has 5 N–H and O–H groups in total. The molecule has 0 aliphatic heterocycles. The lowest BCUT2D eigenvalue weighted by Crippen LogP contribution is -2.29. The number of carbonyl (C=O) groups is 1. The fourth-order valence-electron chi connectivity index (χ4n) is 1.61. The summed E-state index contributed by atoms with van der Waals surface area (Å²) in [5.41, 5.74) is 10.8. The van der Waals surface area contributed by atoms with Gasteiger partial charge in [-0.1, -0.05) is 0 Å². The predicted molar refractivity (Wildman–Crippen MR) is 81.1 cm³/mol. The Bertz CT molecular complexity index is 595. The van der Waals surface area contributed by atoms with E-state index in [1.807, 2.05) is 30.5 Å². The number of aryl methyl sites for hydroxylation is 1. The minimum absolute atomic E-state index is 0.237. The highest BCUT2D eigenvalue weighted by molar-refractivity contribution is 7.98. The van der Waals surface area contributed by atoms with Crippen LogP contribution >= 0.6 is 23.1 Å². The molecule has 1 heterocycles. The zero-order valence-electron chi connectivity index (χ0n) is 10.5. The number of hydrogen-bond donors (Lipinski definition) is 3. The van der Waals surface area contributed by atoms with Crippen molar-refractivity contribution in [2.24, 2.45) is 5.84 Å². The van der Waals surface area contributed by atoms with Gasteiger partial charge in [-0.15, -0.1) is 23.1 Å². The third kappa shape index (κ3) is 3.28. The Morgan fingerprint density at radius 2 is 2.21 bits per heavy atom. The average Bonchev–Trinajstić information content (AvgIpc) is 2.87. The number of thioether (sulfide) groups is 1. The van der Waals surface area contributed by atoms with Gasteiger partial charge in [-0.3, -0.25) is 10.2 Å². The van der Waals surface area contributed by atoms with E-state index in [-0.39, 0.29) is 5.91 Å². The van der Waals surface area contributed by atoms with Crippen molar-refractivity contribution < 1.29 is 4.79 Å². The van der Waals surface area contributed by atoms with Crippen LogP contribution < -0.4 is 17.0 Å². The molecule has 2 rings (SSSR count). The first kappa shape index (κ1) is 13.9. The summed E-state index contributed by atoms with van der Waals surface area (Å²) in [6.07, 6.45) is 0. The van der Waals surface area contributed by atoms with Gasteiger partial charge in [0.1, 0.15) is 0 Å². The molecule has 0 fully saturated rings. The van der Waals surface area contributed by atoms with E-state index in [2.05, 4.69) is 11.5 Å². The number of nitrogens with two attached hydrogens (primary N) is 2. The molecule has 0 aliphatic rings. The molecule has 0 spiro atoms. The Labute approximate surface area is 120 Å². The van der Waals surface area contributed by atoms with Gasteiger partial charge in [0.2, 0.25) is 0 Å². The maximum atomic E-state index is 11.6. The molecular weight excluding hydrogens is 278 g/mol. The van der Waals surface area contributed by atoms with Crippen molar-refractivity contribution in [3.8, 4) is 0 Å².